The average molecular weight is 439 g/mol. The van der Waals surface area contributed by atoms with Crippen LogP contribution < -0.4 is 10.6 Å². The number of amides is 3. The third kappa shape index (κ3) is 5.56. The minimum Gasteiger partial charge on any atom is -0.445 e. The number of ether oxygens (including phenoxy) is 1. The van der Waals surface area contributed by atoms with Crippen molar-refractivity contribution in [2.75, 3.05) is 13.2 Å². The summed E-state index contributed by atoms with van der Waals surface area (Å²) in [6.07, 6.45) is -0.634. The summed E-state index contributed by atoms with van der Waals surface area (Å²) in [5.41, 5.74) is -1.11. The van der Waals surface area contributed by atoms with Gasteiger partial charge in [0.1, 0.15) is 6.61 Å². The molecule has 0 radical (unpaired) electrons. The molecule has 3 rings (SSSR count). The molecule has 2 heterocycles. The van der Waals surface area contributed by atoms with Gasteiger partial charge in [-0.3, -0.25) is 9.59 Å². The molecular weight excluding hydrogens is 415 g/mol. The zero-order chi connectivity index (χ0) is 22.6. The second-order valence-electron chi connectivity index (χ2n) is 7.65. The summed E-state index contributed by atoms with van der Waals surface area (Å²) in [5, 5.41) is 5.18. The predicted molar refractivity (Wildman–Crippen MR) is 105 cm³/mol. The van der Waals surface area contributed by atoms with E-state index in [1.165, 1.54) is 12.1 Å². The van der Waals surface area contributed by atoms with Crippen molar-refractivity contribution in [1.29, 1.82) is 0 Å². The van der Waals surface area contributed by atoms with Crippen molar-refractivity contribution in [2.45, 2.75) is 50.0 Å². The predicted octanol–water partition coefficient (Wildman–Crippen LogP) is 2.87. The van der Waals surface area contributed by atoms with Crippen molar-refractivity contribution in [3.63, 3.8) is 0 Å². The number of nitrogens with zero attached hydrogens (tertiary/aromatic N) is 1. The molecule has 2 bridgehead atoms. The van der Waals surface area contributed by atoms with Gasteiger partial charge in [-0.05, 0) is 43.9 Å². The average Bonchev–Trinajstić information content (AvgIpc) is 3.00. The summed E-state index contributed by atoms with van der Waals surface area (Å²) < 4.78 is 43.5. The van der Waals surface area contributed by atoms with E-state index in [4.69, 9.17) is 4.74 Å². The van der Waals surface area contributed by atoms with Crippen LogP contribution in [0.3, 0.4) is 0 Å². The molecule has 3 amide bonds. The molecule has 2 aliphatic heterocycles. The quantitative estimate of drug-likeness (QED) is 0.668. The van der Waals surface area contributed by atoms with E-state index < -0.39 is 23.6 Å². The first-order chi connectivity index (χ1) is 14.7. The van der Waals surface area contributed by atoms with Crippen molar-refractivity contribution in [3.8, 4) is 0 Å². The van der Waals surface area contributed by atoms with Crippen LogP contribution in [0.5, 0.6) is 0 Å². The van der Waals surface area contributed by atoms with E-state index in [0.717, 1.165) is 31.0 Å². The van der Waals surface area contributed by atoms with Crippen LogP contribution in [0.1, 0.15) is 41.6 Å². The Morgan fingerprint density at radius 3 is 2.48 bits per heavy atom. The smallest absolute Gasteiger partial charge is 0.416 e. The summed E-state index contributed by atoms with van der Waals surface area (Å²) in [6, 6.07) is 3.80. The topological polar surface area (TPSA) is 87.7 Å². The summed E-state index contributed by atoms with van der Waals surface area (Å²) >= 11 is 0. The minimum absolute atomic E-state index is 0.0268. The number of fused-ring (bicyclic) bond motifs is 2. The molecule has 2 aliphatic rings. The highest BCUT2D eigenvalue weighted by atomic mass is 19.4. The minimum atomic E-state index is -4.56. The Balaban J connectivity index is 1.48. The highest BCUT2D eigenvalue weighted by Crippen LogP contribution is 2.36. The van der Waals surface area contributed by atoms with Crippen molar-refractivity contribution in [3.05, 3.63) is 48.0 Å². The number of carbonyl (C=O) groups is 3. The van der Waals surface area contributed by atoms with Crippen LogP contribution in [0.2, 0.25) is 0 Å². The molecule has 10 heteroatoms. The van der Waals surface area contributed by atoms with Gasteiger partial charge in [-0.25, -0.2) is 4.79 Å². The van der Waals surface area contributed by atoms with Crippen LogP contribution in [0.15, 0.2) is 36.9 Å². The normalized spacial score (nSPS) is 22.5. The maximum atomic E-state index is 12.8. The van der Waals surface area contributed by atoms with Gasteiger partial charge in [-0.1, -0.05) is 18.7 Å². The molecule has 31 heavy (non-hydrogen) atoms. The number of piperidine rings is 1. The molecule has 1 aromatic carbocycles. The van der Waals surface area contributed by atoms with E-state index in [1.54, 1.807) is 4.90 Å². The Morgan fingerprint density at radius 2 is 1.87 bits per heavy atom. The summed E-state index contributed by atoms with van der Waals surface area (Å²) in [7, 11) is 0. The van der Waals surface area contributed by atoms with E-state index in [0.29, 0.717) is 12.8 Å². The van der Waals surface area contributed by atoms with E-state index in [-0.39, 0.29) is 42.9 Å². The number of alkyl halides is 3. The summed E-state index contributed by atoms with van der Waals surface area (Å²) in [5.74, 6) is -1.20. The molecular formula is C21H24F3N3O4. The van der Waals surface area contributed by atoms with Crippen LogP contribution >= 0.6 is 0 Å². The molecule has 0 aliphatic carbocycles. The van der Waals surface area contributed by atoms with Gasteiger partial charge in [-0.15, -0.1) is 0 Å². The number of nitrogens with one attached hydrogen (secondary N) is 2. The van der Waals surface area contributed by atoms with Crippen molar-refractivity contribution in [2.24, 2.45) is 0 Å². The maximum absolute atomic E-state index is 12.8. The molecule has 2 unspecified atom stereocenters. The van der Waals surface area contributed by atoms with Crippen LogP contribution in [0.4, 0.5) is 18.0 Å². The van der Waals surface area contributed by atoms with Gasteiger partial charge in [-0.2, -0.15) is 13.2 Å². The number of carbonyl (C=O) groups excluding carboxylic acids is 3. The van der Waals surface area contributed by atoms with Gasteiger partial charge in [0.25, 0.3) is 5.91 Å². The van der Waals surface area contributed by atoms with Gasteiger partial charge in [0.05, 0.1) is 12.1 Å². The van der Waals surface area contributed by atoms with Crippen LogP contribution in [0.25, 0.3) is 0 Å². The maximum Gasteiger partial charge on any atom is 0.416 e. The Hall–Kier alpha value is -3.04. The standard InChI is InChI=1S/C21H24F3N3O4/c1-2-8-31-20(30)27-16-6-7-17(27)11-15(10-16)26-18(28)12-25-19(29)13-4-3-5-14(9-13)21(22,23)24/h2-5,9,15-17H,1,6-8,10-12H2,(H,25,29)(H,26,28). The van der Waals surface area contributed by atoms with Gasteiger partial charge < -0.3 is 20.3 Å². The van der Waals surface area contributed by atoms with Crippen LogP contribution in [0, 0.1) is 0 Å². The molecule has 7 nitrogen and oxygen atoms in total. The van der Waals surface area contributed by atoms with E-state index in [1.807, 2.05) is 0 Å². The SMILES string of the molecule is C=CCOC(=O)N1C2CCC1CC(NC(=O)CNC(=O)c1cccc(C(F)(F)F)c1)C2. The Labute approximate surface area is 177 Å². The van der Waals surface area contributed by atoms with E-state index in [9.17, 15) is 27.6 Å². The first kappa shape index (κ1) is 22.6. The highest BCUT2D eigenvalue weighted by molar-refractivity contribution is 5.96. The van der Waals surface area contributed by atoms with Crippen LogP contribution in [-0.2, 0) is 15.7 Å². The lowest BCUT2D eigenvalue weighted by molar-refractivity contribution is -0.137. The summed E-state index contributed by atoms with van der Waals surface area (Å²) in [6.45, 7) is 3.30. The van der Waals surface area contributed by atoms with Crippen molar-refractivity contribution in [1.82, 2.24) is 15.5 Å². The second kappa shape index (κ2) is 9.40. The molecule has 2 saturated heterocycles. The number of hydrogen-bond acceptors (Lipinski definition) is 4. The Kier molecular flexibility index (Phi) is 6.87. The lowest BCUT2D eigenvalue weighted by Gasteiger charge is -2.38. The monoisotopic (exact) mass is 439 g/mol. The number of halogens is 3. The first-order valence-corrected chi connectivity index (χ1v) is 10.00. The third-order valence-electron chi connectivity index (χ3n) is 5.50. The fourth-order valence-electron chi connectivity index (χ4n) is 4.18. The van der Waals surface area contributed by atoms with E-state index >= 15 is 0 Å². The number of rotatable bonds is 6. The van der Waals surface area contributed by atoms with Crippen molar-refractivity contribution >= 4 is 17.9 Å². The number of hydrogen-bond donors (Lipinski definition) is 2. The van der Waals surface area contributed by atoms with Crippen molar-refractivity contribution < 1.29 is 32.3 Å². The molecule has 2 atom stereocenters. The fourth-order valence-corrected chi connectivity index (χ4v) is 4.18. The van der Waals surface area contributed by atoms with Gasteiger partial charge >= 0.3 is 12.3 Å². The lowest BCUT2D eigenvalue weighted by Crippen LogP contribution is -2.53. The van der Waals surface area contributed by atoms with Gasteiger partial charge in [0.2, 0.25) is 5.91 Å². The lowest BCUT2D eigenvalue weighted by atomic mass is 9.97. The van der Waals surface area contributed by atoms with Crippen LogP contribution in [-0.4, -0.2) is 54.1 Å². The molecule has 2 N–H and O–H groups in total. The fraction of sp³-hybridized carbons (Fsp3) is 0.476. The van der Waals surface area contributed by atoms with Gasteiger partial charge in [0, 0.05) is 23.7 Å². The molecule has 0 aromatic heterocycles. The first-order valence-electron chi connectivity index (χ1n) is 10.00. The molecule has 1 aromatic rings. The zero-order valence-corrected chi connectivity index (χ0v) is 16.8. The zero-order valence-electron chi connectivity index (χ0n) is 16.8. The highest BCUT2D eigenvalue weighted by Gasteiger charge is 2.44. The molecule has 0 saturated carbocycles. The third-order valence-corrected chi connectivity index (χ3v) is 5.50. The molecule has 0 spiro atoms. The van der Waals surface area contributed by atoms with E-state index in [2.05, 4.69) is 17.2 Å². The summed E-state index contributed by atoms with van der Waals surface area (Å²) in [4.78, 5) is 38.3. The van der Waals surface area contributed by atoms with Gasteiger partial charge in [0.15, 0.2) is 0 Å². The Morgan fingerprint density at radius 1 is 1.19 bits per heavy atom. The second-order valence-corrected chi connectivity index (χ2v) is 7.65. The largest absolute Gasteiger partial charge is 0.445 e. The molecule has 168 valence electrons. The molecule has 2 fully saturated rings. The number of benzene rings is 1. The Bertz CT molecular complexity index is 845.